The van der Waals surface area contributed by atoms with Crippen LogP contribution in [0.3, 0.4) is 0 Å². The van der Waals surface area contributed by atoms with E-state index in [9.17, 15) is 0 Å². The van der Waals surface area contributed by atoms with Crippen molar-refractivity contribution in [2.24, 2.45) is 34.1 Å². The molecule has 1 aliphatic rings. The van der Waals surface area contributed by atoms with Crippen LogP contribution in [0.2, 0.25) is 0 Å². The van der Waals surface area contributed by atoms with Crippen LogP contribution in [0.4, 0.5) is 0 Å². The molecule has 1 aliphatic carbocycles. The van der Waals surface area contributed by atoms with Gasteiger partial charge in [-0.1, -0.05) is 231 Å². The Hall–Kier alpha value is -0.560. The summed E-state index contributed by atoms with van der Waals surface area (Å²) in [5.74, 6) is -2.48. The van der Waals surface area contributed by atoms with E-state index in [0.717, 1.165) is 64.5 Å². The fraction of sp³-hybridized carbons (Fsp3) is 1.00. The van der Waals surface area contributed by atoms with Crippen LogP contribution in [0.25, 0.3) is 0 Å². The van der Waals surface area contributed by atoms with E-state index in [1.54, 1.807) is 85.3 Å². The zero-order chi connectivity index (χ0) is 63.4. The lowest BCUT2D eigenvalue weighted by Crippen LogP contribution is -2.52. The number of hydrogen-bond donors (Lipinski definition) is 2. The van der Waals surface area contributed by atoms with Crippen LogP contribution in [0.1, 0.15) is 321 Å². The van der Waals surface area contributed by atoms with Crippen LogP contribution >= 0.6 is 0 Å². The third kappa shape index (κ3) is 33.8. The summed E-state index contributed by atoms with van der Waals surface area (Å²) in [4.78, 5) is 0. The van der Waals surface area contributed by atoms with Crippen LogP contribution in [0.15, 0.2) is 0 Å². The summed E-state index contributed by atoms with van der Waals surface area (Å²) in [5, 5.41) is 0. The first-order valence-electron chi connectivity index (χ1n) is 35.9. The van der Waals surface area contributed by atoms with Gasteiger partial charge in [-0.2, -0.15) is 0 Å². The predicted octanol–water partition coefficient (Wildman–Crippen LogP) is 19.0. The number of methoxy groups -OCH3 is 12. The van der Waals surface area contributed by atoms with Crippen molar-refractivity contribution in [3.8, 4) is 0 Å². The van der Waals surface area contributed by atoms with E-state index in [2.05, 4.69) is 0 Å². The minimum atomic E-state index is -0.903. The number of unbranched alkanes of at least 4 members (excludes halogenated alkanes) is 36. The summed E-state index contributed by atoms with van der Waals surface area (Å²) in [6.45, 7) is 1.61. The fourth-order valence-corrected chi connectivity index (χ4v) is 15.1. The summed E-state index contributed by atoms with van der Waals surface area (Å²) < 4.78 is 66.1. The molecule has 0 radical (unpaired) electrons. The van der Waals surface area contributed by atoms with E-state index < -0.39 is 23.9 Å². The standard InChI is InChI=1S/C72H146N2O12/c1-75-69(76-2,77-3)57-49-41-33-25-17-13-21-29-37-45-53-67(54-46-38-30-22-14-18-26-34-42-50-58-70(78-4,79-5)80-6)64-68(66(63-74)61-65(67)62-73,55-47-39-31-23-15-19-27-35-43-51-59-71(81-7,82-8)83-9)56-48-40-32-24-16-20-28-36-44-52-60-72(84-10,85-11)86-12/h65-66H,13-64,73-74H2,1-12H3. The third-order valence-electron chi connectivity index (χ3n) is 20.9. The highest BCUT2D eigenvalue weighted by Crippen LogP contribution is 2.60. The molecule has 2 atom stereocenters. The monoisotopic (exact) mass is 1230 g/mol. The molecule has 0 aromatic carbocycles. The highest BCUT2D eigenvalue weighted by atomic mass is 16.9. The minimum absolute atomic E-state index is 0.314. The summed E-state index contributed by atoms with van der Waals surface area (Å²) in [5.41, 5.74) is 14.7. The highest BCUT2D eigenvalue weighted by Gasteiger charge is 2.52. The predicted molar refractivity (Wildman–Crippen MR) is 356 cm³/mol. The maximum Gasteiger partial charge on any atom is 0.282 e. The van der Waals surface area contributed by atoms with E-state index in [1.165, 1.54) is 270 Å². The molecule has 86 heavy (non-hydrogen) atoms. The first-order chi connectivity index (χ1) is 41.9. The lowest BCUT2D eigenvalue weighted by molar-refractivity contribution is -0.355. The number of rotatable bonds is 66. The smallest absolute Gasteiger partial charge is 0.282 e. The van der Waals surface area contributed by atoms with Crippen LogP contribution in [0, 0.1) is 22.7 Å². The van der Waals surface area contributed by atoms with Gasteiger partial charge in [0.2, 0.25) is 0 Å². The van der Waals surface area contributed by atoms with Crippen molar-refractivity contribution in [1.29, 1.82) is 0 Å². The van der Waals surface area contributed by atoms with Gasteiger partial charge in [-0.15, -0.1) is 0 Å². The molecule has 1 fully saturated rings. The van der Waals surface area contributed by atoms with Crippen molar-refractivity contribution in [2.75, 3.05) is 98.4 Å². The minimum Gasteiger partial charge on any atom is -0.331 e. The Kier molecular flexibility index (Phi) is 51.3. The molecule has 516 valence electrons. The van der Waals surface area contributed by atoms with Gasteiger partial charge >= 0.3 is 0 Å². The second-order valence-corrected chi connectivity index (χ2v) is 26.3. The van der Waals surface area contributed by atoms with Crippen LogP contribution in [0.5, 0.6) is 0 Å². The van der Waals surface area contributed by atoms with Crippen molar-refractivity contribution in [3.63, 3.8) is 0 Å². The lowest BCUT2D eigenvalue weighted by atomic mass is 9.48. The largest absolute Gasteiger partial charge is 0.331 e. The molecule has 1 saturated carbocycles. The SMILES string of the molecule is COC(CCCCCCCCCCCCC1(CCCCCCCCCCCCC(OC)(OC)OC)CC(CCCCCCCCCCCCC(OC)(OC)OC)(CCCCCCCCCCCCC(OC)(OC)OC)C(CN)CC1CN)(OC)OC. The summed E-state index contributed by atoms with van der Waals surface area (Å²) in [7, 11) is 19.9. The fourth-order valence-electron chi connectivity index (χ4n) is 15.1. The first kappa shape index (κ1) is 83.5. The van der Waals surface area contributed by atoms with Gasteiger partial charge in [-0.05, 0) is 100.0 Å². The molecule has 0 aliphatic heterocycles. The molecule has 0 spiro atoms. The zero-order valence-corrected chi connectivity index (χ0v) is 59.0. The first-order valence-corrected chi connectivity index (χ1v) is 35.9. The molecule has 0 heterocycles. The quantitative estimate of drug-likeness (QED) is 0.0437. The van der Waals surface area contributed by atoms with Gasteiger partial charge in [-0.25, -0.2) is 0 Å². The average Bonchev–Trinajstić information content (AvgIpc) is 3.66. The van der Waals surface area contributed by atoms with Crippen LogP contribution < -0.4 is 11.5 Å². The Morgan fingerprint density at radius 3 is 0.512 bits per heavy atom. The van der Waals surface area contributed by atoms with Gasteiger partial charge in [0.1, 0.15) is 0 Å². The Morgan fingerprint density at radius 1 is 0.233 bits per heavy atom. The summed E-state index contributed by atoms with van der Waals surface area (Å²) >= 11 is 0. The Bertz CT molecular complexity index is 1240. The normalized spacial score (nSPS) is 16.7. The topological polar surface area (TPSA) is 163 Å². The van der Waals surface area contributed by atoms with Crippen molar-refractivity contribution < 1.29 is 56.8 Å². The number of nitrogens with two attached hydrogens (primary N) is 2. The molecule has 0 aromatic heterocycles. The van der Waals surface area contributed by atoms with Crippen molar-refractivity contribution in [1.82, 2.24) is 0 Å². The van der Waals surface area contributed by atoms with Gasteiger partial charge in [-0.3, -0.25) is 0 Å². The second kappa shape index (κ2) is 52.9. The van der Waals surface area contributed by atoms with Gasteiger partial charge in [0.25, 0.3) is 23.9 Å². The maximum atomic E-state index is 7.01. The Balaban J connectivity index is 3.08. The molecule has 14 heteroatoms. The van der Waals surface area contributed by atoms with E-state index >= 15 is 0 Å². The molecule has 14 nitrogen and oxygen atoms in total. The zero-order valence-electron chi connectivity index (χ0n) is 59.0. The van der Waals surface area contributed by atoms with E-state index in [4.69, 9.17) is 68.3 Å². The number of hydrogen-bond acceptors (Lipinski definition) is 14. The van der Waals surface area contributed by atoms with Crippen molar-refractivity contribution in [2.45, 2.75) is 345 Å². The van der Waals surface area contributed by atoms with Gasteiger partial charge in [0, 0.05) is 111 Å². The molecule has 0 bridgehead atoms. The highest BCUT2D eigenvalue weighted by molar-refractivity contribution is 5.03. The molecule has 0 saturated heterocycles. The van der Waals surface area contributed by atoms with Crippen LogP contribution in [-0.2, 0) is 56.8 Å². The van der Waals surface area contributed by atoms with Gasteiger partial charge in [0.15, 0.2) is 0 Å². The molecule has 2 unspecified atom stereocenters. The summed E-state index contributed by atoms with van der Waals surface area (Å²) in [6, 6.07) is 0. The molecular weight excluding hydrogens is 1080 g/mol. The molecular formula is C72H146N2O12. The lowest BCUT2D eigenvalue weighted by Gasteiger charge is -2.57. The second-order valence-electron chi connectivity index (χ2n) is 26.3. The van der Waals surface area contributed by atoms with Crippen molar-refractivity contribution in [3.05, 3.63) is 0 Å². The van der Waals surface area contributed by atoms with E-state index in [0.29, 0.717) is 22.7 Å². The molecule has 4 N–H and O–H groups in total. The molecule has 0 aromatic rings. The number of ether oxygens (including phenoxy) is 12. The van der Waals surface area contributed by atoms with Gasteiger partial charge < -0.3 is 68.3 Å². The maximum absolute atomic E-state index is 7.01. The Morgan fingerprint density at radius 2 is 0.372 bits per heavy atom. The third-order valence-corrected chi connectivity index (χ3v) is 20.9. The molecule has 1 rings (SSSR count). The van der Waals surface area contributed by atoms with Gasteiger partial charge in [0.05, 0.1) is 0 Å². The van der Waals surface area contributed by atoms with E-state index in [-0.39, 0.29) is 0 Å². The van der Waals surface area contributed by atoms with Crippen LogP contribution in [-0.4, -0.2) is 122 Å². The average molecular weight is 1230 g/mol. The molecule has 0 amide bonds. The van der Waals surface area contributed by atoms with E-state index in [1.807, 2.05) is 0 Å². The van der Waals surface area contributed by atoms with Crippen molar-refractivity contribution >= 4 is 0 Å². The Labute approximate surface area is 532 Å². The summed E-state index contributed by atoms with van der Waals surface area (Å²) in [6.07, 6.45) is 62.4.